The van der Waals surface area contributed by atoms with E-state index in [1.165, 1.54) is 12.8 Å². The lowest BCUT2D eigenvalue weighted by Crippen LogP contribution is -2.44. The van der Waals surface area contributed by atoms with Crippen LogP contribution in [0.25, 0.3) is 0 Å². The van der Waals surface area contributed by atoms with Crippen molar-refractivity contribution in [1.29, 1.82) is 0 Å². The van der Waals surface area contributed by atoms with E-state index in [0.717, 1.165) is 25.3 Å². The van der Waals surface area contributed by atoms with Crippen LogP contribution in [-0.4, -0.2) is 48.0 Å². The molecule has 1 aromatic heterocycles. The monoisotopic (exact) mass is 268 g/mol. The number of likely N-dealkylation sites (N-methyl/N-ethyl adjacent to an activating group) is 1. The quantitative estimate of drug-likeness (QED) is 0.909. The second kappa shape index (κ2) is 5.87. The molecule has 1 aliphatic rings. The highest BCUT2D eigenvalue weighted by molar-refractivity contribution is 6.31. The molecule has 1 atom stereocenters. The van der Waals surface area contributed by atoms with Gasteiger partial charge in [-0.15, -0.1) is 0 Å². The van der Waals surface area contributed by atoms with Gasteiger partial charge in [-0.3, -0.25) is 4.90 Å². The average Bonchev–Trinajstić information content (AvgIpc) is 2.34. The lowest BCUT2D eigenvalue weighted by Gasteiger charge is -2.36. The van der Waals surface area contributed by atoms with E-state index in [9.17, 15) is 0 Å². The minimum atomic E-state index is 0.538. The van der Waals surface area contributed by atoms with Crippen LogP contribution < -0.4 is 5.73 Å². The van der Waals surface area contributed by atoms with Crippen molar-refractivity contribution in [1.82, 2.24) is 14.8 Å². The van der Waals surface area contributed by atoms with Crippen molar-refractivity contribution in [3.63, 3.8) is 0 Å². The molecular formula is C13H21ClN4. The van der Waals surface area contributed by atoms with Gasteiger partial charge in [0.2, 0.25) is 0 Å². The fraction of sp³-hybridized carbons (Fsp3) is 0.615. The van der Waals surface area contributed by atoms with Gasteiger partial charge in [-0.25, -0.2) is 4.98 Å². The molecule has 18 heavy (non-hydrogen) atoms. The van der Waals surface area contributed by atoms with Crippen molar-refractivity contribution < 1.29 is 0 Å². The second-order valence-corrected chi connectivity index (χ2v) is 5.57. The molecule has 1 unspecified atom stereocenters. The van der Waals surface area contributed by atoms with E-state index in [1.54, 1.807) is 6.07 Å². The topological polar surface area (TPSA) is 45.4 Å². The Morgan fingerprint density at radius 1 is 1.50 bits per heavy atom. The minimum Gasteiger partial charge on any atom is -0.384 e. The third kappa shape index (κ3) is 3.34. The average molecular weight is 269 g/mol. The van der Waals surface area contributed by atoms with Crippen LogP contribution in [0.15, 0.2) is 12.1 Å². The first-order valence-electron chi connectivity index (χ1n) is 6.36. The van der Waals surface area contributed by atoms with Gasteiger partial charge < -0.3 is 10.6 Å². The van der Waals surface area contributed by atoms with Gasteiger partial charge in [0.15, 0.2) is 0 Å². The largest absolute Gasteiger partial charge is 0.384 e. The van der Waals surface area contributed by atoms with Crippen LogP contribution in [0.1, 0.15) is 18.5 Å². The smallest absolute Gasteiger partial charge is 0.123 e. The SMILES string of the molecule is CN(C)C1CCCN(Cc2nc(N)ccc2Cl)C1. The summed E-state index contributed by atoms with van der Waals surface area (Å²) in [6.07, 6.45) is 2.49. The molecule has 0 saturated carbocycles. The number of rotatable bonds is 3. The van der Waals surface area contributed by atoms with E-state index in [2.05, 4.69) is 28.9 Å². The van der Waals surface area contributed by atoms with Gasteiger partial charge in [0.1, 0.15) is 5.82 Å². The van der Waals surface area contributed by atoms with Crippen molar-refractivity contribution >= 4 is 17.4 Å². The normalized spacial score (nSPS) is 21.4. The lowest BCUT2D eigenvalue weighted by molar-refractivity contribution is 0.127. The lowest BCUT2D eigenvalue weighted by atomic mass is 10.0. The highest BCUT2D eigenvalue weighted by Crippen LogP contribution is 2.20. The number of nitrogens with zero attached hydrogens (tertiary/aromatic N) is 3. The summed E-state index contributed by atoms with van der Waals surface area (Å²) in [6, 6.07) is 4.19. The summed E-state index contributed by atoms with van der Waals surface area (Å²) in [5.41, 5.74) is 6.60. The first-order chi connectivity index (χ1) is 8.56. The van der Waals surface area contributed by atoms with Gasteiger partial charge in [-0.2, -0.15) is 0 Å². The summed E-state index contributed by atoms with van der Waals surface area (Å²) in [4.78, 5) is 9.02. The Balaban J connectivity index is 2.02. The zero-order valence-corrected chi connectivity index (χ0v) is 11.8. The number of hydrogen-bond donors (Lipinski definition) is 1. The molecule has 2 rings (SSSR count). The van der Waals surface area contributed by atoms with E-state index in [1.807, 2.05) is 6.07 Å². The molecule has 1 aliphatic heterocycles. The molecule has 2 N–H and O–H groups in total. The predicted octanol–water partition coefficient (Wildman–Crippen LogP) is 1.84. The maximum absolute atomic E-state index is 6.16. The number of piperidine rings is 1. The number of nitrogens with two attached hydrogens (primary N) is 1. The Morgan fingerprint density at radius 3 is 3.00 bits per heavy atom. The predicted molar refractivity (Wildman–Crippen MR) is 75.6 cm³/mol. The van der Waals surface area contributed by atoms with Crippen LogP contribution in [0.2, 0.25) is 5.02 Å². The van der Waals surface area contributed by atoms with Gasteiger partial charge in [-0.1, -0.05) is 11.6 Å². The number of pyridine rings is 1. The van der Waals surface area contributed by atoms with Crippen LogP contribution >= 0.6 is 11.6 Å². The highest BCUT2D eigenvalue weighted by Gasteiger charge is 2.22. The molecule has 100 valence electrons. The molecule has 0 aromatic carbocycles. The minimum absolute atomic E-state index is 0.538. The Bertz CT molecular complexity index is 408. The zero-order valence-electron chi connectivity index (χ0n) is 11.1. The van der Waals surface area contributed by atoms with Crippen molar-refractivity contribution in [2.24, 2.45) is 0 Å². The molecule has 0 amide bonds. The van der Waals surface area contributed by atoms with Crippen LogP contribution in [0.3, 0.4) is 0 Å². The fourth-order valence-corrected chi connectivity index (χ4v) is 2.59. The molecular weight excluding hydrogens is 248 g/mol. The van der Waals surface area contributed by atoms with Gasteiger partial charge in [0.25, 0.3) is 0 Å². The third-order valence-corrected chi connectivity index (χ3v) is 3.87. The molecule has 1 saturated heterocycles. The Labute approximate surface area is 114 Å². The summed E-state index contributed by atoms with van der Waals surface area (Å²) >= 11 is 6.16. The van der Waals surface area contributed by atoms with E-state index in [4.69, 9.17) is 17.3 Å². The summed E-state index contributed by atoms with van der Waals surface area (Å²) in [6.45, 7) is 2.96. The van der Waals surface area contributed by atoms with Gasteiger partial charge in [0, 0.05) is 19.1 Å². The Morgan fingerprint density at radius 2 is 2.28 bits per heavy atom. The molecule has 5 heteroatoms. The van der Waals surface area contributed by atoms with Crippen LogP contribution in [-0.2, 0) is 6.54 Å². The first kappa shape index (κ1) is 13.6. The fourth-order valence-electron chi connectivity index (χ4n) is 2.42. The summed E-state index contributed by atoms with van der Waals surface area (Å²) in [5, 5.41) is 0.705. The van der Waals surface area contributed by atoms with E-state index >= 15 is 0 Å². The summed E-state index contributed by atoms with van der Waals surface area (Å²) < 4.78 is 0. The van der Waals surface area contributed by atoms with Crippen molar-refractivity contribution in [2.45, 2.75) is 25.4 Å². The number of anilines is 1. The van der Waals surface area contributed by atoms with Gasteiger partial charge in [0.05, 0.1) is 10.7 Å². The van der Waals surface area contributed by atoms with Crippen LogP contribution in [0.5, 0.6) is 0 Å². The molecule has 1 fully saturated rings. The standard InChI is InChI=1S/C13H21ClN4/c1-17(2)10-4-3-7-18(8-10)9-12-11(14)5-6-13(15)16-12/h5-6,10H,3-4,7-9H2,1-2H3,(H2,15,16). The molecule has 0 spiro atoms. The number of halogens is 1. The zero-order chi connectivity index (χ0) is 13.1. The van der Waals surface area contributed by atoms with Crippen LogP contribution in [0.4, 0.5) is 5.82 Å². The van der Waals surface area contributed by atoms with Gasteiger partial charge >= 0.3 is 0 Å². The van der Waals surface area contributed by atoms with Crippen molar-refractivity contribution in [3.8, 4) is 0 Å². The van der Waals surface area contributed by atoms with E-state index < -0.39 is 0 Å². The molecule has 0 radical (unpaired) electrons. The first-order valence-corrected chi connectivity index (χ1v) is 6.73. The Kier molecular flexibility index (Phi) is 4.43. The maximum atomic E-state index is 6.16. The molecule has 0 aliphatic carbocycles. The molecule has 2 heterocycles. The van der Waals surface area contributed by atoms with E-state index in [0.29, 0.717) is 16.9 Å². The van der Waals surface area contributed by atoms with E-state index in [-0.39, 0.29) is 0 Å². The molecule has 4 nitrogen and oxygen atoms in total. The number of hydrogen-bond acceptors (Lipinski definition) is 4. The number of likely N-dealkylation sites (tertiary alicyclic amines) is 1. The number of aromatic nitrogens is 1. The molecule has 1 aromatic rings. The maximum Gasteiger partial charge on any atom is 0.123 e. The number of nitrogen functional groups attached to an aromatic ring is 1. The van der Waals surface area contributed by atoms with Gasteiger partial charge in [-0.05, 0) is 45.6 Å². The van der Waals surface area contributed by atoms with Crippen LogP contribution in [0, 0.1) is 0 Å². The second-order valence-electron chi connectivity index (χ2n) is 5.16. The van der Waals surface area contributed by atoms with Crippen molar-refractivity contribution in [2.75, 3.05) is 32.9 Å². The summed E-state index contributed by atoms with van der Waals surface area (Å²) in [5.74, 6) is 0.538. The Hall–Kier alpha value is -0.840. The van der Waals surface area contributed by atoms with Crippen molar-refractivity contribution in [3.05, 3.63) is 22.8 Å². The highest BCUT2D eigenvalue weighted by atomic mass is 35.5. The molecule has 0 bridgehead atoms. The summed E-state index contributed by atoms with van der Waals surface area (Å²) in [7, 11) is 4.28. The third-order valence-electron chi connectivity index (χ3n) is 3.52.